The average Bonchev–Trinajstić information content (AvgIpc) is 3.13. The lowest BCUT2D eigenvalue weighted by atomic mass is 10.1. The smallest absolute Gasteiger partial charge is 0.240 e. The van der Waals surface area contributed by atoms with E-state index in [4.69, 9.17) is 4.74 Å². The number of benzene rings is 2. The number of nitrogens with zero attached hydrogens (tertiary/aromatic N) is 4. The van der Waals surface area contributed by atoms with E-state index in [9.17, 15) is 4.79 Å². The molecule has 1 fully saturated rings. The summed E-state index contributed by atoms with van der Waals surface area (Å²) < 4.78 is 7.40. The second kappa shape index (κ2) is 8.58. The van der Waals surface area contributed by atoms with E-state index < -0.39 is 0 Å². The van der Waals surface area contributed by atoms with Crippen LogP contribution in [0.3, 0.4) is 0 Å². The first-order valence-electron chi connectivity index (χ1n) is 9.29. The van der Waals surface area contributed by atoms with Crippen molar-refractivity contribution in [2.75, 3.05) is 26.3 Å². The molecule has 7 heteroatoms. The van der Waals surface area contributed by atoms with E-state index in [-0.39, 0.29) is 11.2 Å². The van der Waals surface area contributed by atoms with E-state index in [1.54, 1.807) is 0 Å². The summed E-state index contributed by atoms with van der Waals surface area (Å²) in [6.45, 7) is 4.32. The minimum Gasteiger partial charge on any atom is -0.378 e. The average molecular weight is 394 g/mol. The maximum atomic E-state index is 13.3. The molecule has 1 amide bonds. The van der Waals surface area contributed by atoms with Crippen LogP contribution in [0.1, 0.15) is 16.6 Å². The zero-order valence-electron chi connectivity index (χ0n) is 15.7. The summed E-state index contributed by atoms with van der Waals surface area (Å²) in [7, 11) is 0. The second-order valence-electron chi connectivity index (χ2n) is 6.55. The number of thioether (sulfide) groups is 1. The zero-order valence-corrected chi connectivity index (χ0v) is 16.5. The minimum atomic E-state index is -0.384. The van der Waals surface area contributed by atoms with Crippen LogP contribution in [0.4, 0.5) is 0 Å². The lowest BCUT2D eigenvalue weighted by Gasteiger charge is -2.30. The lowest BCUT2D eigenvalue weighted by molar-refractivity contribution is -0.134. The Balaban J connectivity index is 1.68. The molecular formula is C21H22N4O2S. The van der Waals surface area contributed by atoms with Crippen molar-refractivity contribution in [1.29, 1.82) is 0 Å². The molecule has 1 aliphatic rings. The number of carbonyl (C=O) groups excluding carboxylic acids is 1. The molecule has 0 N–H and O–H groups in total. The summed E-state index contributed by atoms with van der Waals surface area (Å²) in [6, 6.07) is 19.8. The highest BCUT2D eigenvalue weighted by molar-refractivity contribution is 8.00. The van der Waals surface area contributed by atoms with E-state index in [1.165, 1.54) is 11.8 Å². The van der Waals surface area contributed by atoms with Crippen molar-refractivity contribution in [3.63, 3.8) is 0 Å². The third-order valence-corrected chi connectivity index (χ3v) is 5.87. The highest BCUT2D eigenvalue weighted by Gasteiger charge is 2.30. The van der Waals surface area contributed by atoms with Crippen molar-refractivity contribution in [1.82, 2.24) is 19.7 Å². The number of carbonyl (C=O) groups is 1. The normalized spacial score (nSPS) is 15.4. The number of morpholine rings is 1. The van der Waals surface area contributed by atoms with E-state index in [2.05, 4.69) is 10.2 Å². The molecule has 0 saturated carbocycles. The fourth-order valence-corrected chi connectivity index (χ4v) is 4.42. The Morgan fingerprint density at radius 2 is 1.64 bits per heavy atom. The Bertz CT molecular complexity index is 924. The van der Waals surface area contributed by atoms with Crippen LogP contribution in [0.2, 0.25) is 0 Å². The van der Waals surface area contributed by atoms with Crippen molar-refractivity contribution < 1.29 is 9.53 Å². The van der Waals surface area contributed by atoms with Gasteiger partial charge in [0.15, 0.2) is 5.16 Å². The Hall–Kier alpha value is -2.64. The van der Waals surface area contributed by atoms with Gasteiger partial charge in [-0.15, -0.1) is 10.2 Å². The predicted molar refractivity (Wildman–Crippen MR) is 109 cm³/mol. The molecule has 28 heavy (non-hydrogen) atoms. The van der Waals surface area contributed by atoms with Crippen LogP contribution in [0.5, 0.6) is 0 Å². The first-order valence-corrected chi connectivity index (χ1v) is 10.2. The Kier molecular flexibility index (Phi) is 5.73. The molecule has 144 valence electrons. The number of aromatic nitrogens is 3. The van der Waals surface area contributed by atoms with Gasteiger partial charge in [-0.25, -0.2) is 0 Å². The van der Waals surface area contributed by atoms with Gasteiger partial charge < -0.3 is 9.64 Å². The maximum Gasteiger partial charge on any atom is 0.240 e. The van der Waals surface area contributed by atoms with Crippen LogP contribution in [0.25, 0.3) is 5.69 Å². The molecule has 1 aliphatic heterocycles. The number of aryl methyl sites for hydroxylation is 1. The summed E-state index contributed by atoms with van der Waals surface area (Å²) in [5.41, 5.74) is 1.95. The molecule has 1 aromatic heterocycles. The third kappa shape index (κ3) is 3.95. The first kappa shape index (κ1) is 18.7. The standard InChI is InChI=1S/C21H22N4O2S/c1-16-22-23-21(25(16)18-10-6-3-7-11-18)28-19(17-8-4-2-5-9-17)20(26)24-12-14-27-15-13-24/h2-11,19H,12-15H2,1H3/t19-/m0/s1. The second-order valence-corrected chi connectivity index (χ2v) is 7.62. The van der Waals surface area contributed by atoms with Gasteiger partial charge in [-0.2, -0.15) is 0 Å². The van der Waals surface area contributed by atoms with Crippen LogP contribution in [-0.2, 0) is 9.53 Å². The van der Waals surface area contributed by atoms with Gasteiger partial charge >= 0.3 is 0 Å². The molecule has 0 radical (unpaired) electrons. The quantitative estimate of drug-likeness (QED) is 0.622. The van der Waals surface area contributed by atoms with Crippen LogP contribution in [-0.4, -0.2) is 51.9 Å². The predicted octanol–water partition coefficient (Wildman–Crippen LogP) is 3.27. The summed E-state index contributed by atoms with van der Waals surface area (Å²) >= 11 is 1.44. The number of ether oxygens (including phenoxy) is 1. The molecule has 0 unspecified atom stereocenters. The fraction of sp³-hybridized carbons (Fsp3) is 0.286. The molecule has 4 rings (SSSR count). The maximum absolute atomic E-state index is 13.3. The molecule has 0 spiro atoms. The molecule has 1 atom stereocenters. The van der Waals surface area contributed by atoms with Crippen molar-refractivity contribution in [3.8, 4) is 5.69 Å². The van der Waals surface area contributed by atoms with Crippen molar-refractivity contribution >= 4 is 17.7 Å². The highest BCUT2D eigenvalue weighted by atomic mass is 32.2. The van der Waals surface area contributed by atoms with Crippen LogP contribution in [0.15, 0.2) is 65.8 Å². The van der Waals surface area contributed by atoms with Gasteiger partial charge in [0.2, 0.25) is 5.91 Å². The van der Waals surface area contributed by atoms with Crippen LogP contribution < -0.4 is 0 Å². The number of hydrogen-bond donors (Lipinski definition) is 0. The monoisotopic (exact) mass is 394 g/mol. The van der Waals surface area contributed by atoms with Gasteiger partial charge in [-0.1, -0.05) is 60.3 Å². The van der Waals surface area contributed by atoms with E-state index in [0.717, 1.165) is 17.1 Å². The van der Waals surface area contributed by atoms with E-state index in [1.807, 2.05) is 77.1 Å². The lowest BCUT2D eigenvalue weighted by Crippen LogP contribution is -2.42. The summed E-state index contributed by atoms with van der Waals surface area (Å²) in [5, 5.41) is 8.95. The minimum absolute atomic E-state index is 0.0831. The van der Waals surface area contributed by atoms with E-state index in [0.29, 0.717) is 31.5 Å². The Morgan fingerprint density at radius 3 is 2.32 bits per heavy atom. The molecule has 2 aromatic carbocycles. The number of hydrogen-bond acceptors (Lipinski definition) is 5. The number of amides is 1. The topological polar surface area (TPSA) is 60.3 Å². The Labute approximate surface area is 168 Å². The third-order valence-electron chi connectivity index (χ3n) is 4.68. The van der Waals surface area contributed by atoms with Gasteiger partial charge in [0.05, 0.1) is 13.2 Å². The largest absolute Gasteiger partial charge is 0.378 e. The molecule has 1 saturated heterocycles. The summed E-state index contributed by atoms with van der Waals surface area (Å²) in [5.74, 6) is 0.874. The van der Waals surface area contributed by atoms with Gasteiger partial charge in [0, 0.05) is 18.8 Å². The molecule has 0 bridgehead atoms. The van der Waals surface area contributed by atoms with Gasteiger partial charge in [-0.05, 0) is 24.6 Å². The first-order chi connectivity index (χ1) is 13.7. The zero-order chi connectivity index (χ0) is 19.3. The van der Waals surface area contributed by atoms with E-state index >= 15 is 0 Å². The molecular weight excluding hydrogens is 372 g/mol. The van der Waals surface area contributed by atoms with Gasteiger partial charge in [0.1, 0.15) is 11.1 Å². The Morgan fingerprint density at radius 1 is 1.00 bits per heavy atom. The van der Waals surface area contributed by atoms with Gasteiger partial charge in [-0.3, -0.25) is 9.36 Å². The molecule has 6 nitrogen and oxygen atoms in total. The van der Waals surface area contributed by atoms with Crippen LogP contribution >= 0.6 is 11.8 Å². The van der Waals surface area contributed by atoms with Crippen molar-refractivity contribution in [2.24, 2.45) is 0 Å². The number of rotatable bonds is 5. The SMILES string of the molecule is Cc1nnc(S[C@H](C(=O)N2CCOCC2)c2ccccc2)n1-c1ccccc1. The molecule has 2 heterocycles. The fourth-order valence-electron chi connectivity index (χ4n) is 3.24. The van der Waals surface area contributed by atoms with Crippen molar-refractivity contribution in [3.05, 3.63) is 72.1 Å². The summed E-state index contributed by atoms with van der Waals surface area (Å²) in [4.78, 5) is 15.2. The van der Waals surface area contributed by atoms with Crippen LogP contribution in [0, 0.1) is 6.92 Å². The molecule has 0 aliphatic carbocycles. The highest BCUT2D eigenvalue weighted by Crippen LogP contribution is 2.37. The van der Waals surface area contributed by atoms with Gasteiger partial charge in [0.25, 0.3) is 0 Å². The van der Waals surface area contributed by atoms with Crippen molar-refractivity contribution in [2.45, 2.75) is 17.3 Å². The molecule has 3 aromatic rings. The summed E-state index contributed by atoms with van der Waals surface area (Å²) in [6.07, 6.45) is 0. The number of para-hydroxylation sites is 1.